The van der Waals surface area contributed by atoms with Crippen molar-refractivity contribution in [3.8, 4) is 11.6 Å². The van der Waals surface area contributed by atoms with Crippen molar-refractivity contribution in [2.24, 2.45) is 5.10 Å². The molecule has 0 aliphatic carbocycles. The van der Waals surface area contributed by atoms with Gasteiger partial charge in [-0.2, -0.15) is 5.10 Å². The lowest BCUT2D eigenvalue weighted by atomic mass is 10.2. The number of rotatable bonds is 4. The van der Waals surface area contributed by atoms with Gasteiger partial charge in [0.2, 0.25) is 5.88 Å². The first-order chi connectivity index (χ1) is 9.19. The van der Waals surface area contributed by atoms with Gasteiger partial charge in [-0.3, -0.25) is 5.43 Å². The number of benzene rings is 1. The van der Waals surface area contributed by atoms with Crippen molar-refractivity contribution in [1.29, 1.82) is 0 Å². The fraction of sp³-hybridized carbons (Fsp3) is 0.0833. The molecule has 0 radical (unpaired) electrons. The number of methoxy groups -OCH3 is 1. The van der Waals surface area contributed by atoms with Gasteiger partial charge < -0.3 is 9.84 Å². The second kappa shape index (κ2) is 6.14. The molecule has 19 heavy (non-hydrogen) atoms. The maximum absolute atomic E-state index is 9.63. The summed E-state index contributed by atoms with van der Waals surface area (Å²) in [5.41, 5.74) is 3.31. The van der Waals surface area contributed by atoms with Gasteiger partial charge in [0.1, 0.15) is 12.1 Å². The van der Waals surface area contributed by atoms with E-state index in [0.29, 0.717) is 17.3 Å². The molecule has 0 aliphatic rings. The molecular formula is C12H11BrN4O2. The highest BCUT2D eigenvalue weighted by Crippen LogP contribution is 2.20. The topological polar surface area (TPSA) is 79.6 Å². The second-order valence-corrected chi connectivity index (χ2v) is 4.43. The zero-order valence-corrected chi connectivity index (χ0v) is 11.6. The number of hydrogen-bond acceptors (Lipinski definition) is 6. The molecule has 0 saturated carbocycles. The third kappa shape index (κ3) is 3.65. The normalized spacial score (nSPS) is 10.6. The van der Waals surface area contributed by atoms with E-state index in [9.17, 15) is 5.11 Å². The van der Waals surface area contributed by atoms with Crippen LogP contribution in [0.3, 0.4) is 0 Å². The minimum absolute atomic E-state index is 0.147. The maximum Gasteiger partial charge on any atom is 0.218 e. The van der Waals surface area contributed by atoms with Crippen molar-refractivity contribution in [2.75, 3.05) is 12.5 Å². The van der Waals surface area contributed by atoms with E-state index < -0.39 is 0 Å². The Bertz CT molecular complexity index is 604. The number of nitrogens with zero attached hydrogens (tertiary/aromatic N) is 3. The molecule has 6 nitrogen and oxygen atoms in total. The van der Waals surface area contributed by atoms with Crippen molar-refractivity contribution in [1.82, 2.24) is 9.97 Å². The summed E-state index contributed by atoms with van der Waals surface area (Å²) in [6.07, 6.45) is 2.86. The molecule has 0 amide bonds. The van der Waals surface area contributed by atoms with Gasteiger partial charge in [0.05, 0.1) is 13.3 Å². The van der Waals surface area contributed by atoms with Crippen LogP contribution >= 0.6 is 15.9 Å². The van der Waals surface area contributed by atoms with E-state index in [-0.39, 0.29) is 5.75 Å². The van der Waals surface area contributed by atoms with Crippen LogP contribution in [0.15, 0.2) is 40.2 Å². The van der Waals surface area contributed by atoms with Gasteiger partial charge in [-0.1, -0.05) is 15.9 Å². The van der Waals surface area contributed by atoms with Gasteiger partial charge >= 0.3 is 0 Å². The van der Waals surface area contributed by atoms with Crippen molar-refractivity contribution in [3.05, 3.63) is 40.6 Å². The zero-order valence-electron chi connectivity index (χ0n) is 10.0. The summed E-state index contributed by atoms with van der Waals surface area (Å²) in [5.74, 6) is 1.09. The first-order valence-electron chi connectivity index (χ1n) is 5.32. The minimum Gasteiger partial charge on any atom is -0.507 e. The molecule has 1 aromatic heterocycles. The number of hydrazone groups is 1. The van der Waals surface area contributed by atoms with E-state index in [4.69, 9.17) is 4.74 Å². The summed E-state index contributed by atoms with van der Waals surface area (Å²) in [4.78, 5) is 7.85. The number of phenolic OH excluding ortho intramolecular Hbond substituents is 1. The molecule has 1 heterocycles. The molecule has 2 rings (SSSR count). The molecule has 7 heteroatoms. The van der Waals surface area contributed by atoms with E-state index >= 15 is 0 Å². The molecule has 0 bridgehead atoms. The summed E-state index contributed by atoms with van der Waals surface area (Å²) in [5, 5.41) is 13.6. The molecule has 0 spiro atoms. The Morgan fingerprint density at radius 1 is 1.37 bits per heavy atom. The summed E-state index contributed by atoms with van der Waals surface area (Å²) < 4.78 is 5.82. The van der Waals surface area contributed by atoms with E-state index in [1.54, 1.807) is 24.3 Å². The number of anilines is 1. The lowest BCUT2D eigenvalue weighted by molar-refractivity contribution is 0.397. The highest BCUT2D eigenvalue weighted by Gasteiger charge is 1.99. The van der Waals surface area contributed by atoms with Crippen LogP contribution in [-0.4, -0.2) is 28.4 Å². The minimum atomic E-state index is 0.147. The average Bonchev–Trinajstić information content (AvgIpc) is 2.43. The van der Waals surface area contributed by atoms with Gasteiger partial charge in [0, 0.05) is 16.1 Å². The SMILES string of the molecule is COc1cc(NN=Cc2cc(Br)ccc2O)ncn1. The van der Waals surface area contributed by atoms with E-state index in [2.05, 4.69) is 36.4 Å². The summed E-state index contributed by atoms with van der Waals surface area (Å²) >= 11 is 3.32. The second-order valence-electron chi connectivity index (χ2n) is 3.52. The van der Waals surface area contributed by atoms with E-state index in [1.807, 2.05) is 0 Å². The van der Waals surface area contributed by atoms with Crippen LogP contribution in [-0.2, 0) is 0 Å². The van der Waals surface area contributed by atoms with E-state index in [1.165, 1.54) is 19.7 Å². The van der Waals surface area contributed by atoms with Gasteiger partial charge in [-0.15, -0.1) is 0 Å². The highest BCUT2D eigenvalue weighted by atomic mass is 79.9. The number of halogens is 1. The van der Waals surface area contributed by atoms with Crippen molar-refractivity contribution >= 4 is 28.0 Å². The Morgan fingerprint density at radius 2 is 2.21 bits per heavy atom. The predicted molar refractivity (Wildman–Crippen MR) is 75.6 cm³/mol. The van der Waals surface area contributed by atoms with Crippen molar-refractivity contribution < 1.29 is 9.84 Å². The van der Waals surface area contributed by atoms with Crippen LogP contribution in [0.2, 0.25) is 0 Å². The molecule has 0 saturated heterocycles. The van der Waals surface area contributed by atoms with Crippen LogP contribution in [0.5, 0.6) is 11.6 Å². The molecule has 0 fully saturated rings. The van der Waals surface area contributed by atoms with Gasteiger partial charge in [0.15, 0.2) is 5.82 Å². The molecule has 2 aromatic rings. The molecule has 0 atom stereocenters. The Labute approximate surface area is 118 Å². The third-order valence-corrected chi connectivity index (χ3v) is 2.72. The molecule has 98 valence electrons. The van der Waals surface area contributed by atoms with Gasteiger partial charge in [-0.05, 0) is 18.2 Å². The standard InChI is InChI=1S/C12H11BrN4O2/c1-19-12-5-11(14-7-15-12)17-16-6-8-4-9(13)2-3-10(8)18/h2-7,18H,1H3,(H,14,15,17). The smallest absolute Gasteiger partial charge is 0.218 e. The number of nitrogens with one attached hydrogen (secondary N) is 1. The monoisotopic (exact) mass is 322 g/mol. The van der Waals surface area contributed by atoms with Crippen LogP contribution < -0.4 is 10.2 Å². The third-order valence-electron chi connectivity index (χ3n) is 2.22. The fourth-order valence-corrected chi connectivity index (χ4v) is 1.69. The number of aromatic hydroxyl groups is 1. The number of phenols is 1. The lowest BCUT2D eigenvalue weighted by Gasteiger charge is -2.02. The highest BCUT2D eigenvalue weighted by molar-refractivity contribution is 9.10. The van der Waals surface area contributed by atoms with E-state index in [0.717, 1.165) is 4.47 Å². The average molecular weight is 323 g/mol. The Morgan fingerprint density at radius 3 is 3.00 bits per heavy atom. The maximum atomic E-state index is 9.63. The number of hydrogen-bond donors (Lipinski definition) is 2. The molecule has 2 N–H and O–H groups in total. The largest absolute Gasteiger partial charge is 0.507 e. The molecule has 0 unspecified atom stereocenters. The Kier molecular flexibility index (Phi) is 4.30. The summed E-state index contributed by atoms with van der Waals surface area (Å²) in [6.45, 7) is 0. The molecule has 0 aliphatic heterocycles. The van der Waals surface area contributed by atoms with Crippen molar-refractivity contribution in [3.63, 3.8) is 0 Å². The van der Waals surface area contributed by atoms with Crippen molar-refractivity contribution in [2.45, 2.75) is 0 Å². The zero-order chi connectivity index (χ0) is 13.7. The Balaban J connectivity index is 2.08. The first kappa shape index (κ1) is 13.3. The van der Waals surface area contributed by atoms with Crippen LogP contribution in [0.1, 0.15) is 5.56 Å². The van der Waals surface area contributed by atoms with Crippen LogP contribution in [0.4, 0.5) is 5.82 Å². The Hall–Kier alpha value is -2.15. The quantitative estimate of drug-likeness (QED) is 0.667. The molecule has 1 aromatic carbocycles. The van der Waals surface area contributed by atoms with Gasteiger partial charge in [-0.25, -0.2) is 9.97 Å². The first-order valence-corrected chi connectivity index (χ1v) is 6.12. The summed E-state index contributed by atoms with van der Waals surface area (Å²) in [7, 11) is 1.52. The fourth-order valence-electron chi connectivity index (χ4n) is 1.31. The van der Waals surface area contributed by atoms with Gasteiger partial charge in [0.25, 0.3) is 0 Å². The van der Waals surface area contributed by atoms with Crippen LogP contribution in [0.25, 0.3) is 0 Å². The van der Waals surface area contributed by atoms with Crippen LogP contribution in [0, 0.1) is 0 Å². The molecular weight excluding hydrogens is 312 g/mol. The number of ether oxygens (including phenoxy) is 1. The lowest BCUT2D eigenvalue weighted by Crippen LogP contribution is -1.96. The summed E-state index contributed by atoms with van der Waals surface area (Å²) in [6, 6.07) is 6.69. The predicted octanol–water partition coefficient (Wildman–Crippen LogP) is 2.40. The number of aromatic nitrogens is 2.